The molecule has 0 aromatic heterocycles. The average molecular weight is 527 g/mol. The molecule has 5 heteroatoms. The molecule has 3 aromatic rings. The molecule has 4 rings (SSSR count). The van der Waals surface area contributed by atoms with Gasteiger partial charge in [-0.05, 0) is 47.9 Å². The molecule has 3 aromatic carbocycles. The van der Waals surface area contributed by atoms with Crippen LogP contribution in [0, 0.1) is 6.92 Å². The molecule has 0 saturated heterocycles. The van der Waals surface area contributed by atoms with Gasteiger partial charge in [0.1, 0.15) is 11.8 Å². The maximum absolute atomic E-state index is 14.0. The summed E-state index contributed by atoms with van der Waals surface area (Å²) >= 11 is 0. The van der Waals surface area contributed by atoms with Crippen LogP contribution < -0.4 is 10.1 Å². The van der Waals surface area contributed by atoms with E-state index in [9.17, 15) is 9.59 Å². The zero-order valence-electron chi connectivity index (χ0n) is 23.8. The van der Waals surface area contributed by atoms with E-state index in [0.717, 1.165) is 47.9 Å². The fourth-order valence-corrected chi connectivity index (χ4v) is 5.36. The summed E-state index contributed by atoms with van der Waals surface area (Å²) in [7, 11) is 0. The van der Waals surface area contributed by atoms with Gasteiger partial charge in [0.2, 0.25) is 5.91 Å². The maximum Gasteiger partial charge on any atom is 0.261 e. The van der Waals surface area contributed by atoms with Gasteiger partial charge in [0, 0.05) is 19.0 Å². The molecule has 1 aliphatic carbocycles. The Morgan fingerprint density at radius 2 is 1.59 bits per heavy atom. The average Bonchev–Trinajstić information content (AvgIpc) is 3.42. The molecule has 0 aliphatic heterocycles. The molecule has 1 saturated carbocycles. The minimum Gasteiger partial charge on any atom is -0.483 e. The number of nitrogens with zero attached hydrogens (tertiary/aromatic N) is 1. The van der Waals surface area contributed by atoms with Crippen molar-refractivity contribution in [3.8, 4) is 5.75 Å². The normalized spacial score (nSPS) is 14.6. The number of benzene rings is 3. The van der Waals surface area contributed by atoms with Crippen molar-refractivity contribution in [3.05, 3.63) is 101 Å². The van der Waals surface area contributed by atoms with Crippen molar-refractivity contribution in [3.63, 3.8) is 0 Å². The minimum absolute atomic E-state index is 0.0955. The monoisotopic (exact) mass is 526 g/mol. The number of amides is 2. The molecule has 1 aliphatic rings. The van der Waals surface area contributed by atoms with Gasteiger partial charge in [0.15, 0.2) is 6.61 Å². The lowest BCUT2D eigenvalue weighted by molar-refractivity contribution is -0.143. The van der Waals surface area contributed by atoms with E-state index in [2.05, 4.69) is 32.2 Å². The van der Waals surface area contributed by atoms with E-state index in [1.807, 2.05) is 79.7 Å². The van der Waals surface area contributed by atoms with E-state index in [-0.39, 0.29) is 29.9 Å². The molecule has 0 unspecified atom stereocenters. The zero-order valence-corrected chi connectivity index (χ0v) is 23.8. The number of hydrogen-bond acceptors (Lipinski definition) is 3. The number of hydrogen-bond donors (Lipinski definition) is 1. The first-order valence-corrected chi connectivity index (χ1v) is 14.1. The third-order valence-corrected chi connectivity index (χ3v) is 7.45. The number of carbonyl (C=O) groups is 2. The van der Waals surface area contributed by atoms with Crippen LogP contribution in [0.25, 0.3) is 0 Å². The number of nitrogens with one attached hydrogen (secondary N) is 1. The predicted octanol–water partition coefficient (Wildman–Crippen LogP) is 6.37. The number of carbonyl (C=O) groups excluding carboxylic acids is 2. The van der Waals surface area contributed by atoms with Gasteiger partial charge in [-0.1, -0.05) is 112 Å². The van der Waals surface area contributed by atoms with E-state index >= 15 is 0 Å². The summed E-state index contributed by atoms with van der Waals surface area (Å²) in [6.07, 6.45) is 4.67. The SMILES string of the molecule is Cc1cccc(CN(C(=O)COc2ccccc2C(C)(C)C)[C@@H](Cc2ccccc2)C(=O)NC2CCCC2)c1. The van der Waals surface area contributed by atoms with Crippen molar-refractivity contribution in [2.45, 2.75) is 83.8 Å². The van der Waals surface area contributed by atoms with Crippen molar-refractivity contribution < 1.29 is 14.3 Å². The van der Waals surface area contributed by atoms with Crippen LogP contribution in [0.4, 0.5) is 0 Å². The second-order valence-electron chi connectivity index (χ2n) is 11.7. The van der Waals surface area contributed by atoms with E-state index in [1.165, 1.54) is 0 Å². The van der Waals surface area contributed by atoms with Crippen molar-refractivity contribution in [2.75, 3.05) is 6.61 Å². The largest absolute Gasteiger partial charge is 0.483 e. The molecule has 0 spiro atoms. The van der Waals surface area contributed by atoms with Crippen LogP contribution >= 0.6 is 0 Å². The second-order valence-corrected chi connectivity index (χ2v) is 11.7. The molecule has 1 N–H and O–H groups in total. The van der Waals surface area contributed by atoms with Crippen LogP contribution in [-0.4, -0.2) is 35.4 Å². The number of aryl methyl sites for hydroxylation is 1. The highest BCUT2D eigenvalue weighted by Crippen LogP contribution is 2.31. The molecular formula is C34H42N2O3. The summed E-state index contributed by atoms with van der Waals surface area (Å²) in [6, 6.07) is 25.4. The van der Waals surface area contributed by atoms with Gasteiger partial charge in [-0.2, -0.15) is 0 Å². The molecule has 5 nitrogen and oxygen atoms in total. The van der Waals surface area contributed by atoms with Gasteiger partial charge in [0.25, 0.3) is 5.91 Å². The van der Waals surface area contributed by atoms with Crippen LogP contribution in [0.15, 0.2) is 78.9 Å². The van der Waals surface area contributed by atoms with Gasteiger partial charge >= 0.3 is 0 Å². The third-order valence-electron chi connectivity index (χ3n) is 7.45. The Bertz CT molecular complexity index is 1240. The van der Waals surface area contributed by atoms with E-state index in [0.29, 0.717) is 18.7 Å². The molecular weight excluding hydrogens is 484 g/mol. The fourth-order valence-electron chi connectivity index (χ4n) is 5.36. The summed E-state index contributed by atoms with van der Waals surface area (Å²) in [5, 5.41) is 3.26. The Labute approximate surface area is 233 Å². The van der Waals surface area contributed by atoms with Crippen LogP contribution in [0.1, 0.15) is 68.7 Å². The summed E-state index contributed by atoms with van der Waals surface area (Å²) < 4.78 is 6.16. The van der Waals surface area contributed by atoms with Crippen LogP contribution in [0.2, 0.25) is 0 Å². The topological polar surface area (TPSA) is 58.6 Å². The molecule has 206 valence electrons. The van der Waals surface area contributed by atoms with E-state index < -0.39 is 6.04 Å². The van der Waals surface area contributed by atoms with Crippen LogP contribution in [0.5, 0.6) is 5.75 Å². The predicted molar refractivity (Wildman–Crippen MR) is 157 cm³/mol. The highest BCUT2D eigenvalue weighted by molar-refractivity contribution is 5.88. The fraction of sp³-hybridized carbons (Fsp3) is 0.412. The van der Waals surface area contributed by atoms with Gasteiger partial charge in [-0.3, -0.25) is 9.59 Å². The molecule has 0 heterocycles. The molecule has 0 bridgehead atoms. The minimum atomic E-state index is -0.650. The Kier molecular flexibility index (Phi) is 9.45. The van der Waals surface area contributed by atoms with Gasteiger partial charge in [-0.25, -0.2) is 0 Å². The van der Waals surface area contributed by atoms with Crippen LogP contribution in [-0.2, 0) is 28.0 Å². The van der Waals surface area contributed by atoms with E-state index in [1.54, 1.807) is 4.90 Å². The Morgan fingerprint density at radius 1 is 0.923 bits per heavy atom. The highest BCUT2D eigenvalue weighted by Gasteiger charge is 2.32. The first-order valence-electron chi connectivity index (χ1n) is 14.1. The first kappa shape index (κ1) is 28.4. The quantitative estimate of drug-likeness (QED) is 0.334. The molecule has 1 atom stereocenters. The lowest BCUT2D eigenvalue weighted by Crippen LogP contribution is -2.53. The van der Waals surface area contributed by atoms with Crippen molar-refractivity contribution in [1.29, 1.82) is 0 Å². The maximum atomic E-state index is 14.0. The van der Waals surface area contributed by atoms with Gasteiger partial charge in [0.05, 0.1) is 0 Å². The second kappa shape index (κ2) is 13.0. The number of rotatable bonds is 10. The Morgan fingerprint density at radius 3 is 2.28 bits per heavy atom. The molecule has 1 fully saturated rings. The smallest absolute Gasteiger partial charge is 0.261 e. The molecule has 0 radical (unpaired) electrons. The van der Waals surface area contributed by atoms with Crippen molar-refractivity contribution in [1.82, 2.24) is 10.2 Å². The Hall–Kier alpha value is -3.60. The zero-order chi connectivity index (χ0) is 27.8. The van der Waals surface area contributed by atoms with Crippen molar-refractivity contribution >= 4 is 11.8 Å². The van der Waals surface area contributed by atoms with E-state index in [4.69, 9.17) is 4.74 Å². The number of para-hydroxylation sites is 1. The van der Waals surface area contributed by atoms with Gasteiger partial charge < -0.3 is 15.0 Å². The van der Waals surface area contributed by atoms with Crippen LogP contribution in [0.3, 0.4) is 0 Å². The lowest BCUT2D eigenvalue weighted by atomic mass is 9.86. The summed E-state index contributed by atoms with van der Waals surface area (Å²) in [5.74, 6) is 0.397. The standard InChI is InChI=1S/C34H42N2O3/c1-25-13-12-16-27(21-25)23-36(32(37)24-39-31-20-11-10-19-29(31)34(2,3)4)30(22-26-14-6-5-7-15-26)33(38)35-28-17-8-9-18-28/h5-7,10-16,19-21,28,30H,8-9,17-18,22-24H2,1-4H3,(H,35,38)/t30-/m0/s1. The van der Waals surface area contributed by atoms with Gasteiger partial charge in [-0.15, -0.1) is 0 Å². The molecule has 2 amide bonds. The highest BCUT2D eigenvalue weighted by atomic mass is 16.5. The summed E-state index contributed by atoms with van der Waals surface area (Å²) in [5.41, 5.74) is 4.04. The third kappa shape index (κ3) is 7.95. The molecule has 39 heavy (non-hydrogen) atoms. The van der Waals surface area contributed by atoms with Crippen molar-refractivity contribution in [2.24, 2.45) is 0 Å². The number of ether oxygens (including phenoxy) is 1. The summed E-state index contributed by atoms with van der Waals surface area (Å²) in [4.78, 5) is 29.5. The Balaban J connectivity index is 1.64. The summed E-state index contributed by atoms with van der Waals surface area (Å²) in [6.45, 7) is 8.62. The lowest BCUT2D eigenvalue weighted by Gasteiger charge is -2.32. The first-order chi connectivity index (χ1) is 18.7.